The van der Waals surface area contributed by atoms with E-state index in [2.05, 4.69) is 10.6 Å². The van der Waals surface area contributed by atoms with Gasteiger partial charge in [-0.25, -0.2) is 4.79 Å². The highest BCUT2D eigenvalue weighted by atomic mass is 35.5. The number of carbonyl (C=O) groups excluding carboxylic acids is 2. The monoisotopic (exact) mass is 345 g/mol. The van der Waals surface area contributed by atoms with E-state index in [9.17, 15) is 9.59 Å². The second-order valence-electron chi connectivity index (χ2n) is 5.38. The van der Waals surface area contributed by atoms with Gasteiger partial charge in [-0.1, -0.05) is 48.0 Å². The van der Waals surface area contributed by atoms with Crippen LogP contribution in [0.2, 0.25) is 5.02 Å². The second kappa shape index (κ2) is 8.36. The van der Waals surface area contributed by atoms with Crippen molar-refractivity contribution in [2.45, 2.75) is 13.0 Å². The zero-order valence-electron chi connectivity index (χ0n) is 13.7. The largest absolute Gasteiger partial charge is 0.359 e. The van der Waals surface area contributed by atoms with E-state index < -0.39 is 0 Å². The van der Waals surface area contributed by atoms with Gasteiger partial charge in [-0.3, -0.25) is 4.79 Å². The van der Waals surface area contributed by atoms with Gasteiger partial charge in [-0.2, -0.15) is 0 Å². The fourth-order valence-corrected chi connectivity index (χ4v) is 2.42. The van der Waals surface area contributed by atoms with Gasteiger partial charge in [0.25, 0.3) is 0 Å². The molecule has 0 aromatic heterocycles. The van der Waals surface area contributed by atoms with Crippen molar-refractivity contribution in [2.24, 2.45) is 0 Å². The molecule has 3 amide bonds. The molecular weight excluding hydrogens is 326 g/mol. The third-order valence-corrected chi connectivity index (χ3v) is 3.97. The van der Waals surface area contributed by atoms with Crippen LogP contribution in [0.4, 0.5) is 10.5 Å². The van der Waals surface area contributed by atoms with Crippen molar-refractivity contribution in [3.8, 4) is 0 Å². The summed E-state index contributed by atoms with van der Waals surface area (Å²) in [6.07, 6.45) is 0.210. The highest BCUT2D eigenvalue weighted by Crippen LogP contribution is 2.19. The van der Waals surface area contributed by atoms with E-state index in [-0.39, 0.29) is 18.4 Å². The third-order valence-electron chi connectivity index (χ3n) is 3.60. The summed E-state index contributed by atoms with van der Waals surface area (Å²) in [7, 11) is 3.28. The van der Waals surface area contributed by atoms with Crippen molar-refractivity contribution in [2.75, 3.05) is 19.4 Å². The Morgan fingerprint density at radius 1 is 1.04 bits per heavy atom. The molecule has 0 bridgehead atoms. The minimum Gasteiger partial charge on any atom is -0.359 e. The number of anilines is 1. The van der Waals surface area contributed by atoms with Crippen molar-refractivity contribution in [1.29, 1.82) is 0 Å². The number of likely N-dealkylation sites (N-methyl/N-ethyl adjacent to an activating group) is 1. The van der Waals surface area contributed by atoms with E-state index in [4.69, 9.17) is 11.6 Å². The van der Waals surface area contributed by atoms with E-state index in [0.717, 1.165) is 11.1 Å². The molecule has 5 nitrogen and oxygen atoms in total. The lowest BCUT2D eigenvalue weighted by atomic mass is 10.1. The van der Waals surface area contributed by atoms with Gasteiger partial charge in [0, 0.05) is 31.4 Å². The van der Waals surface area contributed by atoms with Gasteiger partial charge in [0.2, 0.25) is 5.91 Å². The Bertz CT molecular complexity index is 734. The summed E-state index contributed by atoms with van der Waals surface area (Å²) in [6, 6.07) is 14.4. The topological polar surface area (TPSA) is 61.4 Å². The smallest absolute Gasteiger partial charge is 0.321 e. The Balaban J connectivity index is 2.06. The number of hydrogen-bond donors (Lipinski definition) is 2. The average Bonchev–Trinajstić information content (AvgIpc) is 2.58. The average molecular weight is 346 g/mol. The second-order valence-corrected chi connectivity index (χ2v) is 5.79. The Morgan fingerprint density at radius 2 is 1.67 bits per heavy atom. The number of para-hydroxylation sites is 1. The van der Waals surface area contributed by atoms with Gasteiger partial charge >= 0.3 is 6.03 Å². The Morgan fingerprint density at radius 3 is 2.33 bits per heavy atom. The van der Waals surface area contributed by atoms with Crippen molar-refractivity contribution in [1.82, 2.24) is 10.2 Å². The zero-order valence-corrected chi connectivity index (χ0v) is 14.4. The molecular formula is C18H20ClN3O2. The van der Waals surface area contributed by atoms with E-state index in [1.807, 2.05) is 36.4 Å². The first-order valence-electron chi connectivity index (χ1n) is 7.55. The summed E-state index contributed by atoms with van der Waals surface area (Å²) in [6.45, 7) is 0.392. The lowest BCUT2D eigenvalue weighted by Crippen LogP contribution is -2.31. The Kier molecular flexibility index (Phi) is 6.21. The van der Waals surface area contributed by atoms with E-state index in [1.165, 1.54) is 4.90 Å². The van der Waals surface area contributed by atoms with Gasteiger partial charge in [0.1, 0.15) is 0 Å². The summed E-state index contributed by atoms with van der Waals surface area (Å²) in [5, 5.41) is 6.04. The summed E-state index contributed by atoms with van der Waals surface area (Å²) in [4.78, 5) is 25.5. The summed E-state index contributed by atoms with van der Waals surface area (Å²) >= 11 is 6.13. The molecule has 0 saturated carbocycles. The summed E-state index contributed by atoms with van der Waals surface area (Å²) < 4.78 is 0. The third kappa shape index (κ3) is 4.73. The molecule has 2 rings (SSSR count). The first-order chi connectivity index (χ1) is 11.5. The lowest BCUT2D eigenvalue weighted by molar-refractivity contribution is -0.119. The lowest BCUT2D eigenvalue weighted by Gasteiger charge is -2.20. The molecule has 0 heterocycles. The molecule has 0 aliphatic rings. The van der Waals surface area contributed by atoms with E-state index in [0.29, 0.717) is 17.3 Å². The number of amides is 3. The highest BCUT2D eigenvalue weighted by Gasteiger charge is 2.13. The van der Waals surface area contributed by atoms with Crippen LogP contribution < -0.4 is 10.6 Å². The molecule has 0 aliphatic heterocycles. The normalized spacial score (nSPS) is 10.1. The van der Waals surface area contributed by atoms with Crippen molar-refractivity contribution in [3.05, 3.63) is 64.7 Å². The maximum Gasteiger partial charge on any atom is 0.321 e. The van der Waals surface area contributed by atoms with Gasteiger partial charge in [-0.15, -0.1) is 0 Å². The van der Waals surface area contributed by atoms with Crippen LogP contribution in [0.1, 0.15) is 11.1 Å². The number of halogens is 1. The number of nitrogens with one attached hydrogen (secondary N) is 2. The molecule has 0 atom stereocenters. The molecule has 126 valence electrons. The number of benzene rings is 2. The van der Waals surface area contributed by atoms with Crippen molar-refractivity contribution < 1.29 is 9.59 Å². The maximum absolute atomic E-state index is 12.4. The summed E-state index contributed by atoms with van der Waals surface area (Å²) in [5.41, 5.74) is 2.25. The molecule has 2 aromatic rings. The van der Waals surface area contributed by atoms with Crippen LogP contribution in [0.5, 0.6) is 0 Å². The highest BCUT2D eigenvalue weighted by molar-refractivity contribution is 6.31. The van der Waals surface area contributed by atoms with Crippen LogP contribution in [0.15, 0.2) is 48.5 Å². The van der Waals surface area contributed by atoms with Crippen molar-refractivity contribution >= 4 is 29.2 Å². The van der Waals surface area contributed by atoms with Gasteiger partial charge in [0.05, 0.1) is 6.42 Å². The first kappa shape index (κ1) is 17.8. The first-order valence-corrected chi connectivity index (χ1v) is 7.93. The number of rotatable bonds is 5. The molecule has 0 unspecified atom stereocenters. The van der Waals surface area contributed by atoms with Crippen LogP contribution in [0.25, 0.3) is 0 Å². The number of hydrogen-bond acceptors (Lipinski definition) is 2. The number of nitrogens with zero attached hydrogens (tertiary/aromatic N) is 1. The van der Waals surface area contributed by atoms with Gasteiger partial charge in [0.15, 0.2) is 0 Å². The number of urea groups is 1. The molecule has 0 spiro atoms. The predicted molar refractivity (Wildman–Crippen MR) is 96.2 cm³/mol. The minimum absolute atomic E-state index is 0.110. The van der Waals surface area contributed by atoms with E-state index in [1.54, 1.807) is 26.2 Å². The molecule has 0 saturated heterocycles. The van der Waals surface area contributed by atoms with Gasteiger partial charge in [-0.05, 0) is 23.3 Å². The molecule has 2 N–H and O–H groups in total. The fourth-order valence-electron chi connectivity index (χ4n) is 2.22. The SMILES string of the molecule is CNC(=O)Cc1ccccc1NC(=O)N(C)Cc1ccccc1Cl. The Labute approximate surface area is 146 Å². The molecule has 0 fully saturated rings. The predicted octanol–water partition coefficient (Wildman–Crippen LogP) is 3.29. The summed E-state index contributed by atoms with van der Waals surface area (Å²) in [5.74, 6) is -0.110. The van der Waals surface area contributed by atoms with Crippen LogP contribution in [-0.2, 0) is 17.8 Å². The van der Waals surface area contributed by atoms with Crippen LogP contribution >= 0.6 is 11.6 Å². The Hall–Kier alpha value is -2.53. The van der Waals surface area contributed by atoms with Crippen LogP contribution in [0.3, 0.4) is 0 Å². The molecule has 6 heteroatoms. The molecule has 0 radical (unpaired) electrons. The fraction of sp³-hybridized carbons (Fsp3) is 0.222. The maximum atomic E-state index is 12.4. The molecule has 2 aromatic carbocycles. The zero-order chi connectivity index (χ0) is 17.5. The van der Waals surface area contributed by atoms with Crippen LogP contribution in [0, 0.1) is 0 Å². The molecule has 0 aliphatic carbocycles. The minimum atomic E-state index is -0.265. The number of carbonyl (C=O) groups is 2. The molecule has 24 heavy (non-hydrogen) atoms. The van der Waals surface area contributed by atoms with Gasteiger partial charge < -0.3 is 15.5 Å². The van der Waals surface area contributed by atoms with E-state index >= 15 is 0 Å². The van der Waals surface area contributed by atoms with Crippen molar-refractivity contribution in [3.63, 3.8) is 0 Å². The standard InChI is InChI=1S/C18H20ClN3O2/c1-20-17(23)11-13-7-4-6-10-16(13)21-18(24)22(2)12-14-8-3-5-9-15(14)19/h3-10H,11-12H2,1-2H3,(H,20,23)(H,21,24). The quantitative estimate of drug-likeness (QED) is 0.873. The van der Waals surface area contributed by atoms with Crippen LogP contribution in [-0.4, -0.2) is 30.9 Å².